The van der Waals surface area contributed by atoms with Crippen molar-refractivity contribution in [2.75, 3.05) is 37.8 Å². The van der Waals surface area contributed by atoms with Crippen LogP contribution in [0.4, 0.5) is 15.8 Å². The van der Waals surface area contributed by atoms with Crippen molar-refractivity contribution < 1.29 is 33.0 Å². The molecule has 1 aliphatic rings. The van der Waals surface area contributed by atoms with Gasteiger partial charge in [-0.25, -0.2) is 14.0 Å². The van der Waals surface area contributed by atoms with E-state index in [4.69, 9.17) is 9.47 Å². The van der Waals surface area contributed by atoms with Gasteiger partial charge in [0.1, 0.15) is 18.2 Å². The van der Waals surface area contributed by atoms with Crippen LogP contribution in [0, 0.1) is 5.82 Å². The molecule has 1 aromatic carbocycles. The topological polar surface area (TPSA) is 94.2 Å². The lowest BCUT2D eigenvalue weighted by atomic mass is 10.1. The number of carbonyl (C=O) groups excluding carboxylic acids is 3. The number of benzene rings is 1. The molecule has 0 spiro atoms. The number of anilines is 2. The predicted molar refractivity (Wildman–Crippen MR) is 85.1 cm³/mol. The first-order valence-electron chi connectivity index (χ1n) is 7.21. The Kier molecular flexibility index (Phi) is 5.71. The van der Waals surface area contributed by atoms with Gasteiger partial charge >= 0.3 is 11.9 Å². The molecule has 1 aromatic rings. The van der Waals surface area contributed by atoms with Crippen LogP contribution in [0.1, 0.15) is 6.92 Å². The minimum Gasteiger partial charge on any atom is -0.466 e. The molecule has 25 heavy (non-hydrogen) atoms. The fourth-order valence-corrected chi connectivity index (χ4v) is 2.33. The third-order valence-corrected chi connectivity index (χ3v) is 3.39. The fourth-order valence-electron chi connectivity index (χ4n) is 2.33. The van der Waals surface area contributed by atoms with E-state index >= 15 is 0 Å². The maximum absolute atomic E-state index is 14.3. The summed E-state index contributed by atoms with van der Waals surface area (Å²) in [5.41, 5.74) is -0.0181. The van der Waals surface area contributed by atoms with E-state index in [9.17, 15) is 18.8 Å². The predicted octanol–water partition coefficient (Wildman–Crippen LogP) is 1.18. The van der Waals surface area contributed by atoms with Gasteiger partial charge in [-0.05, 0) is 18.2 Å². The Hall–Kier alpha value is -2.94. The lowest BCUT2D eigenvalue weighted by molar-refractivity contribution is -0.140. The molecule has 0 saturated heterocycles. The summed E-state index contributed by atoms with van der Waals surface area (Å²) in [4.78, 5) is 36.5. The van der Waals surface area contributed by atoms with Gasteiger partial charge in [0.05, 0.1) is 32.1 Å². The largest absolute Gasteiger partial charge is 0.466 e. The van der Waals surface area contributed by atoms with Gasteiger partial charge in [-0.15, -0.1) is 0 Å². The molecule has 0 unspecified atom stereocenters. The number of methoxy groups -OCH3 is 2. The van der Waals surface area contributed by atoms with Gasteiger partial charge in [0.2, 0.25) is 5.91 Å². The fraction of sp³-hybridized carbons (Fsp3) is 0.312. The van der Waals surface area contributed by atoms with Gasteiger partial charge in [-0.3, -0.25) is 4.79 Å². The lowest BCUT2D eigenvalue weighted by Crippen LogP contribution is -2.39. The molecule has 0 radical (unpaired) electrons. The molecule has 2 rings (SSSR count). The standard InChI is InChI=1S/C16H17FN2O6/c1-9(20)18-10-4-5-12(17)13(6-10)19-8-25-7-11(15(21)23-2)14(19)16(22)24-3/h4-6H,7-8H2,1-3H3,(H,18,20). The van der Waals surface area contributed by atoms with Gasteiger partial charge in [-0.2, -0.15) is 0 Å². The normalized spacial score (nSPS) is 14.2. The van der Waals surface area contributed by atoms with Crippen molar-refractivity contribution >= 4 is 29.2 Å². The molecule has 0 aliphatic carbocycles. The number of hydrogen-bond donors (Lipinski definition) is 1. The number of ether oxygens (including phenoxy) is 3. The van der Waals surface area contributed by atoms with Crippen molar-refractivity contribution in [1.29, 1.82) is 0 Å². The summed E-state index contributed by atoms with van der Waals surface area (Å²) in [6.07, 6.45) is 0. The van der Waals surface area contributed by atoms with Crippen LogP contribution < -0.4 is 10.2 Å². The average molecular weight is 352 g/mol. The third-order valence-electron chi connectivity index (χ3n) is 3.39. The molecular formula is C16H17FN2O6. The van der Waals surface area contributed by atoms with Gasteiger partial charge in [0.15, 0.2) is 0 Å². The Bertz CT molecular complexity index is 746. The van der Waals surface area contributed by atoms with Crippen LogP contribution in [0.25, 0.3) is 0 Å². The molecule has 1 N–H and O–H groups in total. The summed E-state index contributed by atoms with van der Waals surface area (Å²) in [6, 6.07) is 3.82. The zero-order valence-electron chi connectivity index (χ0n) is 13.9. The van der Waals surface area contributed by atoms with Gasteiger partial charge in [0.25, 0.3) is 0 Å². The highest BCUT2D eigenvalue weighted by atomic mass is 19.1. The van der Waals surface area contributed by atoms with Gasteiger partial charge in [-0.1, -0.05) is 0 Å². The molecule has 0 saturated carbocycles. The van der Waals surface area contributed by atoms with Crippen molar-refractivity contribution in [1.82, 2.24) is 0 Å². The first-order valence-corrected chi connectivity index (χ1v) is 7.21. The third kappa shape index (κ3) is 3.94. The Morgan fingerprint density at radius 2 is 1.88 bits per heavy atom. The van der Waals surface area contributed by atoms with E-state index in [-0.39, 0.29) is 36.2 Å². The van der Waals surface area contributed by atoms with Crippen molar-refractivity contribution in [3.05, 3.63) is 35.3 Å². The summed E-state index contributed by atoms with van der Waals surface area (Å²) >= 11 is 0. The van der Waals surface area contributed by atoms with E-state index in [0.29, 0.717) is 5.69 Å². The second kappa shape index (κ2) is 7.75. The number of halogens is 1. The highest BCUT2D eigenvalue weighted by molar-refractivity contribution is 6.03. The van der Waals surface area contributed by atoms with Gasteiger partial charge in [0, 0.05) is 12.6 Å². The van der Waals surface area contributed by atoms with E-state index < -0.39 is 17.8 Å². The van der Waals surface area contributed by atoms with Crippen molar-refractivity contribution in [2.24, 2.45) is 0 Å². The molecule has 0 bridgehead atoms. The summed E-state index contributed by atoms with van der Waals surface area (Å²) in [5.74, 6) is -2.65. The molecule has 1 amide bonds. The zero-order chi connectivity index (χ0) is 18.6. The van der Waals surface area contributed by atoms with Crippen LogP contribution in [0.2, 0.25) is 0 Å². The second-order valence-corrected chi connectivity index (χ2v) is 5.06. The average Bonchev–Trinajstić information content (AvgIpc) is 2.60. The van der Waals surface area contributed by atoms with Crippen LogP contribution in [0.3, 0.4) is 0 Å². The summed E-state index contributed by atoms with van der Waals surface area (Å²) in [5, 5.41) is 2.52. The number of nitrogens with zero attached hydrogens (tertiary/aromatic N) is 1. The molecule has 0 fully saturated rings. The number of esters is 2. The first-order chi connectivity index (χ1) is 11.9. The SMILES string of the molecule is COC(=O)C1=C(C(=O)OC)N(c2cc(NC(C)=O)ccc2F)COC1. The van der Waals surface area contributed by atoms with Crippen LogP contribution in [-0.4, -0.2) is 45.4 Å². The second-order valence-electron chi connectivity index (χ2n) is 5.06. The van der Waals surface area contributed by atoms with E-state index in [1.807, 2.05) is 0 Å². The van der Waals surface area contributed by atoms with Crippen molar-refractivity contribution in [3.63, 3.8) is 0 Å². The molecule has 9 heteroatoms. The maximum Gasteiger partial charge on any atom is 0.355 e. The number of rotatable bonds is 4. The lowest BCUT2D eigenvalue weighted by Gasteiger charge is -2.31. The Labute approximate surface area is 143 Å². The monoisotopic (exact) mass is 352 g/mol. The highest BCUT2D eigenvalue weighted by Crippen LogP contribution is 2.31. The van der Waals surface area contributed by atoms with E-state index in [0.717, 1.165) is 25.2 Å². The van der Waals surface area contributed by atoms with Crippen LogP contribution in [0.15, 0.2) is 29.5 Å². The number of nitrogens with one attached hydrogen (secondary N) is 1. The van der Waals surface area contributed by atoms with E-state index in [2.05, 4.69) is 10.1 Å². The van der Waals surface area contributed by atoms with Crippen molar-refractivity contribution in [2.45, 2.75) is 6.92 Å². The summed E-state index contributed by atoms with van der Waals surface area (Å²) < 4.78 is 29.0. The van der Waals surface area contributed by atoms with Gasteiger partial charge < -0.3 is 24.4 Å². The molecule has 1 aliphatic heterocycles. The molecule has 0 atom stereocenters. The molecule has 8 nitrogen and oxygen atoms in total. The van der Waals surface area contributed by atoms with Crippen molar-refractivity contribution in [3.8, 4) is 0 Å². The Balaban J connectivity index is 2.57. The highest BCUT2D eigenvalue weighted by Gasteiger charge is 2.33. The maximum atomic E-state index is 14.3. The zero-order valence-corrected chi connectivity index (χ0v) is 13.9. The van der Waals surface area contributed by atoms with E-state index in [1.54, 1.807) is 0 Å². The summed E-state index contributed by atoms with van der Waals surface area (Å²) in [7, 11) is 2.29. The minimum atomic E-state index is -0.840. The smallest absolute Gasteiger partial charge is 0.355 e. The molecule has 0 aromatic heterocycles. The molecule has 134 valence electrons. The van der Waals surface area contributed by atoms with E-state index in [1.165, 1.54) is 19.1 Å². The minimum absolute atomic E-state index is 0.0623. The quantitative estimate of drug-likeness (QED) is 0.813. The Morgan fingerprint density at radius 3 is 2.48 bits per heavy atom. The Morgan fingerprint density at radius 1 is 1.20 bits per heavy atom. The number of carbonyl (C=O) groups is 3. The molecular weight excluding hydrogens is 335 g/mol. The number of hydrogen-bond acceptors (Lipinski definition) is 7. The number of amides is 1. The van der Waals surface area contributed by atoms with Crippen LogP contribution >= 0.6 is 0 Å². The van der Waals surface area contributed by atoms with Crippen LogP contribution in [-0.2, 0) is 28.6 Å². The molecule has 1 heterocycles. The first kappa shape index (κ1) is 18.4. The van der Waals surface area contributed by atoms with Crippen LogP contribution in [0.5, 0.6) is 0 Å². The summed E-state index contributed by atoms with van der Waals surface area (Å²) in [6.45, 7) is 0.939.